The third-order valence-corrected chi connectivity index (χ3v) is 13.3. The highest BCUT2D eigenvalue weighted by atomic mass is 16.5. The van der Waals surface area contributed by atoms with Crippen molar-refractivity contribution >= 4 is 53.2 Å². The van der Waals surface area contributed by atoms with Gasteiger partial charge in [0.1, 0.15) is 54.1 Å². The van der Waals surface area contributed by atoms with E-state index in [2.05, 4.69) is 26.6 Å². The second-order valence-corrected chi connectivity index (χ2v) is 19.0. The second-order valence-electron chi connectivity index (χ2n) is 19.0. The van der Waals surface area contributed by atoms with E-state index in [1.165, 1.54) is 35.9 Å². The van der Waals surface area contributed by atoms with Crippen molar-refractivity contribution in [3.05, 3.63) is 29.8 Å². The van der Waals surface area contributed by atoms with Crippen LogP contribution in [-0.4, -0.2) is 130 Å². The molecule has 1 aromatic rings. The molecule has 2 aliphatic heterocycles. The Morgan fingerprint density at radius 2 is 1.45 bits per heavy atom. The predicted octanol–water partition coefficient (Wildman–Crippen LogP) is 1.96. The Hall–Kier alpha value is -5.75. The zero-order valence-corrected chi connectivity index (χ0v) is 41.2. The molecule has 0 saturated carbocycles. The lowest BCUT2D eigenvalue weighted by atomic mass is 9.89. The number of cyclic esters (lactones) is 1. The lowest BCUT2D eigenvalue weighted by molar-refractivity contribution is -0.159. The Bertz CT molecular complexity index is 1930. The van der Waals surface area contributed by atoms with Crippen LogP contribution >= 0.6 is 0 Å². The Morgan fingerprint density at radius 3 is 2.01 bits per heavy atom. The molecule has 374 valence electrons. The number of nitrogens with two attached hydrogens (primary N) is 1. The van der Waals surface area contributed by atoms with E-state index in [1.807, 2.05) is 34.6 Å². The molecule has 2 saturated heterocycles. The van der Waals surface area contributed by atoms with Gasteiger partial charge < -0.3 is 52.0 Å². The molecule has 3 rings (SSSR count). The smallest absolute Gasteiger partial charge is 0.329 e. The summed E-state index contributed by atoms with van der Waals surface area (Å²) in [6, 6.07) is -3.44. The topological polar surface area (TPSA) is 276 Å². The van der Waals surface area contributed by atoms with Gasteiger partial charge in [-0.05, 0) is 81.4 Å². The summed E-state index contributed by atoms with van der Waals surface area (Å²) in [6.45, 7) is 17.5. The van der Waals surface area contributed by atoms with Crippen LogP contribution in [0.3, 0.4) is 0 Å². The van der Waals surface area contributed by atoms with Crippen LogP contribution in [0.25, 0.3) is 0 Å². The summed E-state index contributed by atoms with van der Waals surface area (Å²) in [4.78, 5) is 129. The van der Waals surface area contributed by atoms with Crippen molar-refractivity contribution in [2.45, 2.75) is 181 Å². The van der Waals surface area contributed by atoms with E-state index in [9.17, 15) is 48.3 Å². The van der Waals surface area contributed by atoms with Crippen LogP contribution in [0.4, 0.5) is 0 Å². The molecule has 19 nitrogen and oxygen atoms in total. The second kappa shape index (κ2) is 25.4. The van der Waals surface area contributed by atoms with Crippen molar-refractivity contribution in [3.8, 4) is 5.75 Å². The highest BCUT2D eigenvalue weighted by Gasteiger charge is 2.46. The van der Waals surface area contributed by atoms with E-state index < -0.39 is 125 Å². The molecule has 0 radical (unpaired) electrons. The van der Waals surface area contributed by atoms with Gasteiger partial charge in [0.25, 0.3) is 0 Å². The fourth-order valence-electron chi connectivity index (χ4n) is 8.28. The first-order chi connectivity index (χ1) is 31.4. The molecular weight excluding hydrogens is 865 g/mol. The number of amides is 8. The molecule has 67 heavy (non-hydrogen) atoms. The zero-order chi connectivity index (χ0) is 50.4. The number of rotatable bonds is 16. The fraction of sp³-hybridized carbons (Fsp3) is 0.688. The van der Waals surface area contributed by atoms with Crippen molar-refractivity contribution < 1.29 is 53.0 Å². The molecule has 1 aromatic carbocycles. The van der Waals surface area contributed by atoms with Gasteiger partial charge >= 0.3 is 5.97 Å². The molecule has 8 N–H and O–H groups in total. The molecule has 8 amide bonds. The number of piperidine rings is 1. The monoisotopic (exact) mass is 941 g/mol. The van der Waals surface area contributed by atoms with Gasteiger partial charge in [-0.3, -0.25) is 38.4 Å². The maximum absolute atomic E-state index is 15.0. The van der Waals surface area contributed by atoms with Gasteiger partial charge in [-0.1, -0.05) is 80.4 Å². The molecule has 0 spiro atoms. The van der Waals surface area contributed by atoms with Crippen LogP contribution < -0.4 is 32.3 Å². The molecule has 4 unspecified atom stereocenters. The molecule has 2 fully saturated rings. The standard InChI is InChI=1S/C48H76N8O11/c1-12-26(6)38-48(66)67-30(10)39(54-42(60)33(21-22-37(49)58)50-41(59)28(8)14-3)45(63)52-35(23-25(4)5)43(61)51-34-20-15-29(9)56(46(34)64)40(27(7)13-2)47(65)55(11)36(44(62)53-38)24-31-16-18-32(57)19-17-31/h16-19,25-30,33-36,38-40,57H,12-15,20-24H2,1-11H3,(H2,49,58)(H,50,59)(H,51,61)(H,52,63)(H,53,62)(H,54,60)/t26?,27?,28?,29-,30+,33-,34?,35-,36-,38-,39-,40-/m0/s1. The third-order valence-electron chi connectivity index (χ3n) is 13.3. The highest BCUT2D eigenvalue weighted by molar-refractivity contribution is 5.98. The van der Waals surface area contributed by atoms with Gasteiger partial charge in [-0.25, -0.2) is 4.79 Å². The van der Waals surface area contributed by atoms with Gasteiger partial charge in [0.05, 0.1) is 0 Å². The van der Waals surface area contributed by atoms with Crippen LogP contribution in [-0.2, 0) is 54.3 Å². The summed E-state index contributed by atoms with van der Waals surface area (Å²) in [5.41, 5.74) is 5.99. The highest BCUT2D eigenvalue weighted by Crippen LogP contribution is 2.29. The van der Waals surface area contributed by atoms with Crippen LogP contribution in [0.1, 0.15) is 126 Å². The summed E-state index contributed by atoms with van der Waals surface area (Å²) < 4.78 is 5.95. The van der Waals surface area contributed by atoms with Crippen LogP contribution in [0, 0.1) is 23.7 Å². The zero-order valence-electron chi connectivity index (χ0n) is 41.2. The Labute approximate surface area is 395 Å². The number of aromatic hydroxyl groups is 1. The average molecular weight is 941 g/mol. The normalized spacial score (nSPS) is 26.6. The number of carbonyl (C=O) groups excluding carboxylic acids is 9. The minimum atomic E-state index is -1.71. The number of phenolic OH excluding ortho intramolecular Hbond substituents is 1. The average Bonchev–Trinajstić information content (AvgIpc) is 3.28. The number of nitrogens with zero attached hydrogens (tertiary/aromatic N) is 2. The lowest BCUT2D eigenvalue weighted by Crippen LogP contribution is -2.65. The van der Waals surface area contributed by atoms with Crippen molar-refractivity contribution in [1.82, 2.24) is 36.4 Å². The summed E-state index contributed by atoms with van der Waals surface area (Å²) >= 11 is 0. The summed E-state index contributed by atoms with van der Waals surface area (Å²) in [5.74, 6) is -8.21. The van der Waals surface area contributed by atoms with E-state index in [0.29, 0.717) is 31.2 Å². The number of esters is 1. The summed E-state index contributed by atoms with van der Waals surface area (Å²) in [6.07, 6.45) is -0.0560. The Morgan fingerprint density at radius 1 is 0.821 bits per heavy atom. The maximum Gasteiger partial charge on any atom is 0.329 e. The van der Waals surface area contributed by atoms with Gasteiger partial charge in [0.15, 0.2) is 0 Å². The van der Waals surface area contributed by atoms with Crippen LogP contribution in [0.2, 0.25) is 0 Å². The van der Waals surface area contributed by atoms with E-state index in [0.717, 1.165) is 0 Å². The minimum absolute atomic E-state index is 0.0151. The number of likely N-dealkylation sites (N-methyl/N-ethyl adjacent to an activating group) is 1. The van der Waals surface area contributed by atoms with E-state index in [-0.39, 0.29) is 43.8 Å². The van der Waals surface area contributed by atoms with Gasteiger partial charge in [-0.2, -0.15) is 0 Å². The molecule has 2 aliphatic rings. The number of carbonyl (C=O) groups is 9. The van der Waals surface area contributed by atoms with E-state index in [4.69, 9.17) is 10.5 Å². The SMILES string of the molecule is CCC(C)C(=O)N[C@@H](CCC(N)=O)C(=O)N[C@@H]1C(=O)N[C@@H](CC(C)C)C(=O)NC2CC[C@H](C)N(C2=O)[C@@H](C(C)CC)C(=O)N(C)[C@@H](Cc2ccc(O)cc2)C(=O)N[C@@H](C(C)CC)C(=O)O[C@@H]1C. The van der Waals surface area contributed by atoms with Gasteiger partial charge in [0.2, 0.25) is 47.3 Å². The van der Waals surface area contributed by atoms with Crippen molar-refractivity contribution in [1.29, 1.82) is 0 Å². The predicted molar refractivity (Wildman–Crippen MR) is 249 cm³/mol. The number of hydrogen-bond donors (Lipinski definition) is 7. The quantitative estimate of drug-likeness (QED) is 0.118. The third kappa shape index (κ3) is 15.1. The summed E-state index contributed by atoms with van der Waals surface area (Å²) in [5, 5.41) is 23.6. The number of nitrogens with one attached hydrogen (secondary N) is 5. The summed E-state index contributed by atoms with van der Waals surface area (Å²) in [7, 11) is 1.46. The Kier molecular flexibility index (Phi) is 21.1. The first-order valence-corrected chi connectivity index (χ1v) is 23.8. The van der Waals surface area contributed by atoms with Crippen molar-refractivity contribution in [2.24, 2.45) is 29.4 Å². The lowest BCUT2D eigenvalue weighted by Gasteiger charge is -2.45. The molecule has 0 aromatic heterocycles. The molecule has 12 atom stereocenters. The molecule has 19 heteroatoms. The first kappa shape index (κ1) is 55.6. The number of fused-ring (bicyclic) bond motifs is 2. The van der Waals surface area contributed by atoms with Crippen LogP contribution in [0.5, 0.6) is 5.75 Å². The largest absolute Gasteiger partial charge is 0.508 e. The van der Waals surface area contributed by atoms with E-state index in [1.54, 1.807) is 39.8 Å². The van der Waals surface area contributed by atoms with Gasteiger partial charge in [0, 0.05) is 31.8 Å². The number of phenols is 1. The number of benzene rings is 1. The number of primary amides is 1. The minimum Gasteiger partial charge on any atom is -0.508 e. The maximum atomic E-state index is 15.0. The molecule has 0 aliphatic carbocycles. The first-order valence-electron chi connectivity index (χ1n) is 23.8. The van der Waals surface area contributed by atoms with Crippen LogP contribution in [0.15, 0.2) is 24.3 Å². The number of ether oxygens (including phenoxy) is 1. The molecule has 2 heterocycles. The molecule has 2 bridgehead atoms. The van der Waals surface area contributed by atoms with Crippen molar-refractivity contribution in [2.75, 3.05) is 7.05 Å². The van der Waals surface area contributed by atoms with Crippen molar-refractivity contribution in [3.63, 3.8) is 0 Å². The fourth-order valence-corrected chi connectivity index (χ4v) is 8.28. The molecular formula is C48H76N8O11. The number of hydrogen-bond acceptors (Lipinski definition) is 11. The van der Waals surface area contributed by atoms with Gasteiger partial charge in [-0.15, -0.1) is 0 Å². The van der Waals surface area contributed by atoms with E-state index >= 15 is 0 Å². The Balaban J connectivity index is 2.27.